The molecule has 94 heavy (non-hydrogen) atoms. The molecule has 0 aliphatic carbocycles. The van der Waals surface area contributed by atoms with Gasteiger partial charge in [-0.3, -0.25) is 4.79 Å². The maximum atomic E-state index is 13.7. The van der Waals surface area contributed by atoms with Crippen LogP contribution in [0.5, 0.6) is 0 Å². The molecule has 0 aromatic carbocycles. The third-order valence-corrected chi connectivity index (χ3v) is 20.5. The lowest BCUT2D eigenvalue weighted by Gasteiger charge is -2.50. The Balaban J connectivity index is 1.85. The Morgan fingerprint density at radius 2 is 1.18 bits per heavy atom. The minimum absolute atomic E-state index is 0.0112. The van der Waals surface area contributed by atoms with Gasteiger partial charge in [-0.05, 0) is 155 Å². The second-order valence-electron chi connectivity index (χ2n) is 28.8. The molecule has 550 valence electrons. The van der Waals surface area contributed by atoms with E-state index in [2.05, 4.69) is 0 Å². The first-order valence-corrected chi connectivity index (χ1v) is 35.2. The summed E-state index contributed by atoms with van der Waals surface area (Å²) in [7, 11) is 3.40. The lowest BCUT2D eigenvalue weighted by molar-refractivity contribution is -0.351. The lowest BCUT2D eigenvalue weighted by atomic mass is 9.80. The van der Waals surface area contributed by atoms with Crippen LogP contribution in [0.2, 0.25) is 0 Å². The molecule has 29 atom stereocenters. The first-order chi connectivity index (χ1) is 44.0. The first kappa shape index (κ1) is 85.8. The summed E-state index contributed by atoms with van der Waals surface area (Å²) in [4.78, 5) is 15.4. The molecule has 23 heteroatoms. The number of nitrogens with zero attached hydrogens (tertiary/aromatic N) is 1. The number of unbranched alkanes of at least 4 members (excludes halogenated alkanes) is 2. The van der Waals surface area contributed by atoms with Crippen LogP contribution in [0.3, 0.4) is 0 Å². The highest BCUT2D eigenvalue weighted by atomic mass is 16.7. The van der Waals surface area contributed by atoms with E-state index in [1.54, 1.807) is 106 Å². The molecule has 4 unspecified atom stereocenters. The van der Waals surface area contributed by atoms with Crippen molar-refractivity contribution in [2.24, 2.45) is 35.5 Å². The average Bonchev–Trinajstić information content (AvgIpc) is 0.773. The van der Waals surface area contributed by atoms with Crippen LogP contribution in [0.4, 0.5) is 0 Å². The molecule has 3 aliphatic heterocycles. The van der Waals surface area contributed by atoms with Crippen LogP contribution in [0, 0.1) is 35.5 Å². The lowest BCUT2D eigenvalue weighted by Crippen LogP contribution is -2.64. The highest BCUT2D eigenvalue weighted by Crippen LogP contribution is 2.42. The zero-order valence-corrected chi connectivity index (χ0v) is 58.6. The molecule has 0 saturated carbocycles. The van der Waals surface area contributed by atoms with Gasteiger partial charge in [0, 0.05) is 48.9 Å². The Labute approximate surface area is 560 Å². The Kier molecular flexibility index (Phi) is 38.9. The average molecular weight is 1350 g/mol. The van der Waals surface area contributed by atoms with E-state index >= 15 is 0 Å². The van der Waals surface area contributed by atoms with Gasteiger partial charge in [0.2, 0.25) is 0 Å². The molecule has 0 aromatic rings. The quantitative estimate of drug-likeness (QED) is 0.0977. The largest absolute Gasteiger partial charge is 0.458 e. The predicted molar refractivity (Wildman–Crippen MR) is 356 cm³/mol. The zero-order valence-electron chi connectivity index (χ0n) is 58.6. The van der Waals surface area contributed by atoms with Gasteiger partial charge < -0.3 is 111 Å². The number of fused-ring (bicyclic) bond motifs is 2. The van der Waals surface area contributed by atoms with E-state index in [1.165, 1.54) is 12.2 Å². The summed E-state index contributed by atoms with van der Waals surface area (Å²) in [5, 5.41) is 190. The standard InChI is InChI=1S/C71H129NO22/c1-13-14-15-21-49-33-42(4)61(84)36-51(74)23-19-26-56(79)44(6)55(78)24-17-16-20-41(3)66(86)46(8)62-38-63(93-70-69(89)65(72(11)12)67(87)48(10)92-70)47(9)71(90,94-62)39-64(85)91-43(5)28-29-52(75)34-50(73)22-18-25-57(80)45(7)58(81)31-27-40(2)60(83)37-54(77)35-53(76)30-32-59(82)68(49)88/h16-17,20,28-29,33,40,43-63,65-70,73-84,86-90H,13-15,18-19,21-27,30-32,34-39H2,1-12H3/b17-16+,29-28+,41-20+,42-33+/t40-,43?,44-,45+,46+,47+,48+,49-,50-,51+,52+,53+,54-,55+,56-,57-,58+,59?,60+,61-,62-,63-,65-,66+,67+,68+,69+,70?,71?/m0/s1. The smallest absolute Gasteiger partial charge is 0.311 e. The first-order valence-electron chi connectivity index (χ1n) is 35.2. The van der Waals surface area contributed by atoms with Crippen molar-refractivity contribution in [3.8, 4) is 0 Å². The van der Waals surface area contributed by atoms with Gasteiger partial charge in [-0.25, -0.2) is 0 Å². The normalized spacial score (nSPS) is 45.1. The summed E-state index contributed by atoms with van der Waals surface area (Å²) in [6, 6.07) is -0.781. The van der Waals surface area contributed by atoms with Gasteiger partial charge in [0.05, 0.1) is 122 Å². The van der Waals surface area contributed by atoms with E-state index in [0.717, 1.165) is 19.3 Å². The van der Waals surface area contributed by atoms with Crippen molar-refractivity contribution < 1.29 is 111 Å². The minimum atomic E-state index is -2.26. The third-order valence-electron chi connectivity index (χ3n) is 20.5. The maximum absolute atomic E-state index is 13.7. The molecule has 17 N–H and O–H groups in total. The van der Waals surface area contributed by atoms with Crippen molar-refractivity contribution >= 4 is 5.97 Å². The van der Waals surface area contributed by atoms with Crippen molar-refractivity contribution in [2.75, 3.05) is 14.1 Å². The van der Waals surface area contributed by atoms with Gasteiger partial charge in [0.1, 0.15) is 12.2 Å². The number of carbonyl (C=O) groups excluding carboxylic acids is 1. The molecule has 2 fully saturated rings. The maximum Gasteiger partial charge on any atom is 0.311 e. The van der Waals surface area contributed by atoms with Gasteiger partial charge >= 0.3 is 5.97 Å². The van der Waals surface area contributed by atoms with Gasteiger partial charge in [-0.2, -0.15) is 0 Å². The van der Waals surface area contributed by atoms with Crippen molar-refractivity contribution in [1.82, 2.24) is 4.90 Å². The summed E-state index contributed by atoms with van der Waals surface area (Å²) in [5.41, 5.74) is 0.997. The van der Waals surface area contributed by atoms with E-state index in [4.69, 9.17) is 18.9 Å². The molecular weight excluding hydrogens is 1220 g/mol. The Morgan fingerprint density at radius 1 is 0.596 bits per heavy atom. The highest BCUT2D eigenvalue weighted by Gasteiger charge is 2.53. The summed E-state index contributed by atoms with van der Waals surface area (Å²) in [5.74, 6) is -6.87. The summed E-state index contributed by atoms with van der Waals surface area (Å²) in [6.07, 6.45) is -7.62. The topological polar surface area (TPSA) is 401 Å². The van der Waals surface area contributed by atoms with Crippen LogP contribution >= 0.6 is 0 Å². The van der Waals surface area contributed by atoms with E-state index in [1.807, 2.05) is 6.92 Å². The molecule has 0 amide bonds. The molecule has 3 rings (SSSR count). The Morgan fingerprint density at radius 3 is 1.80 bits per heavy atom. The predicted octanol–water partition coefficient (Wildman–Crippen LogP) is 3.87. The van der Waals surface area contributed by atoms with Crippen LogP contribution < -0.4 is 0 Å². The minimum Gasteiger partial charge on any atom is -0.458 e. The second-order valence-corrected chi connectivity index (χ2v) is 28.8. The summed E-state index contributed by atoms with van der Waals surface area (Å²) in [6.45, 7) is 17.1. The monoisotopic (exact) mass is 1350 g/mol. The third kappa shape index (κ3) is 28.7. The molecule has 2 bridgehead atoms. The molecule has 0 radical (unpaired) electrons. The Bertz CT molecular complexity index is 2220. The van der Waals surface area contributed by atoms with Crippen LogP contribution in [0.1, 0.15) is 204 Å². The van der Waals surface area contributed by atoms with Crippen molar-refractivity contribution in [1.29, 1.82) is 0 Å². The van der Waals surface area contributed by atoms with E-state index < -0.39 is 182 Å². The molecule has 23 nitrogen and oxygen atoms in total. The molecule has 3 aliphatic rings. The zero-order chi connectivity index (χ0) is 70.9. The number of aliphatic hydroxyl groups is 17. The number of esters is 1. The number of carbonyl (C=O) groups is 1. The Hall–Kier alpha value is -2.41. The number of hydrogen-bond donors (Lipinski definition) is 17. The molecule has 0 spiro atoms. The van der Waals surface area contributed by atoms with Crippen molar-refractivity contribution in [3.05, 3.63) is 47.6 Å². The molecule has 0 aromatic heterocycles. The number of ether oxygens (including phenoxy) is 4. The fourth-order valence-electron chi connectivity index (χ4n) is 13.3. The summed E-state index contributed by atoms with van der Waals surface area (Å²) >= 11 is 0. The van der Waals surface area contributed by atoms with E-state index in [0.29, 0.717) is 36.8 Å². The van der Waals surface area contributed by atoms with Crippen LogP contribution in [-0.4, -0.2) is 252 Å². The van der Waals surface area contributed by atoms with Crippen molar-refractivity contribution in [2.45, 2.75) is 344 Å². The van der Waals surface area contributed by atoms with Gasteiger partial charge in [-0.1, -0.05) is 91.2 Å². The van der Waals surface area contributed by atoms with E-state index in [-0.39, 0.29) is 89.4 Å². The number of cyclic esters (lactones) is 1. The van der Waals surface area contributed by atoms with Gasteiger partial charge in [0.25, 0.3) is 0 Å². The number of hydrogen-bond acceptors (Lipinski definition) is 23. The van der Waals surface area contributed by atoms with Crippen molar-refractivity contribution in [3.63, 3.8) is 0 Å². The SMILES string of the molecule is CCCCC[C@H]1/C=C(\C)[C@@H](O)C[C@H](O)CCC[C@H](O)[C@@H](C)[C@H](O)C/C=C/C=C(\C)[C@@H](O)[C@H](C)[C@@H]2C[C@H](OC3O[C@H](C)[C@@H](O)[C@H](N(C)C)[C@H]3O)[C@@H](C)C(O)(CC(=O)OC(C)/C=C/[C@@H](O)C[C@@H](O)CCC[C@H](O)[C@@H](C)[C@H](O)CC[C@H](C)[C@H](O)C[C@@H](O)C[C@H](O)CCC(O)[C@@H]1O)O2. The second kappa shape index (κ2) is 42.6. The molecule has 2 saturated heterocycles. The van der Waals surface area contributed by atoms with Crippen LogP contribution in [0.15, 0.2) is 47.6 Å². The van der Waals surface area contributed by atoms with Gasteiger partial charge in [-0.15, -0.1) is 0 Å². The van der Waals surface area contributed by atoms with E-state index in [9.17, 15) is 91.6 Å². The number of aliphatic hydroxyl groups excluding tert-OH is 16. The fraction of sp³-hybridized carbons (Fsp3) is 0.873. The highest BCUT2D eigenvalue weighted by molar-refractivity contribution is 5.71. The number of rotatable bonds is 7. The molecular formula is C71H129NO22. The number of allylic oxidation sites excluding steroid dienone is 2. The molecule has 3 heterocycles. The van der Waals surface area contributed by atoms with Crippen LogP contribution in [0.25, 0.3) is 0 Å². The summed E-state index contributed by atoms with van der Waals surface area (Å²) < 4.78 is 24.5. The number of likely N-dealkylation sites (N-methyl/N-ethyl adjacent to an activating group) is 1. The van der Waals surface area contributed by atoms with Gasteiger partial charge in [0.15, 0.2) is 12.1 Å². The fourth-order valence-corrected chi connectivity index (χ4v) is 13.3. The van der Waals surface area contributed by atoms with Crippen LogP contribution in [-0.2, 0) is 23.7 Å².